The molecule has 0 bridgehead atoms. The van der Waals surface area contributed by atoms with E-state index in [0.717, 1.165) is 16.7 Å². The quantitative estimate of drug-likeness (QED) is 0.0682. The molecule has 0 radical (unpaired) electrons. The van der Waals surface area contributed by atoms with Gasteiger partial charge in [-0.2, -0.15) is 0 Å². The van der Waals surface area contributed by atoms with Crippen LogP contribution in [0.15, 0.2) is 102 Å². The number of anilines is 1. The highest BCUT2D eigenvalue weighted by Crippen LogP contribution is 2.36. The highest BCUT2D eigenvalue weighted by molar-refractivity contribution is 7.99. The Morgan fingerprint density at radius 2 is 1.39 bits per heavy atom. The van der Waals surface area contributed by atoms with Crippen LogP contribution in [0.1, 0.15) is 37.5 Å². The van der Waals surface area contributed by atoms with Crippen molar-refractivity contribution in [2.24, 2.45) is 0 Å². The van der Waals surface area contributed by atoms with Crippen LogP contribution in [0, 0.1) is 4.64 Å². The summed E-state index contributed by atoms with van der Waals surface area (Å²) in [6.45, 7) is 6.12. The van der Waals surface area contributed by atoms with Gasteiger partial charge < -0.3 is 9.72 Å². The molecule has 0 aliphatic carbocycles. The van der Waals surface area contributed by atoms with Crippen LogP contribution in [-0.2, 0) is 10.3 Å². The van der Waals surface area contributed by atoms with E-state index < -0.39 is 17.2 Å². The number of hydrogen-bond donors (Lipinski definition) is 3. The van der Waals surface area contributed by atoms with Gasteiger partial charge in [0.05, 0.1) is 5.54 Å². The number of aromatic nitrogens is 2. The Morgan fingerprint density at radius 3 is 1.87 bits per heavy atom. The Kier molecular flexibility index (Phi) is 8.99. The standard InChI is InChI=1S/C30H32N4O2S2/c1-29(2,3)36-28(35)33-25-21-26(37)34-27(32-25)38-20-19-31-30(22-13-7-4-8-14-22,23-15-9-5-10-16-23)24-17-11-6-12-18-24/h4-18,21,31H,19-20H2,1-3H3,(H2,32,33,34,35,37). The highest BCUT2D eigenvalue weighted by atomic mass is 32.2. The monoisotopic (exact) mass is 544 g/mol. The average molecular weight is 545 g/mol. The summed E-state index contributed by atoms with van der Waals surface area (Å²) in [6, 6.07) is 33.1. The molecule has 1 amide bonds. The number of thioether (sulfide) groups is 1. The summed E-state index contributed by atoms with van der Waals surface area (Å²) >= 11 is 6.85. The highest BCUT2D eigenvalue weighted by Gasteiger charge is 2.35. The Hall–Kier alpha value is -3.46. The molecular formula is C30H32N4O2S2. The smallest absolute Gasteiger partial charge is 0.413 e. The Labute approximate surface area is 233 Å². The lowest BCUT2D eigenvalue weighted by Crippen LogP contribution is -2.45. The first-order chi connectivity index (χ1) is 18.3. The molecule has 0 fully saturated rings. The lowest BCUT2D eigenvalue weighted by Gasteiger charge is -2.37. The predicted molar refractivity (Wildman–Crippen MR) is 157 cm³/mol. The van der Waals surface area contributed by atoms with Crippen molar-refractivity contribution in [1.82, 2.24) is 15.3 Å². The van der Waals surface area contributed by atoms with Crippen molar-refractivity contribution in [2.45, 2.75) is 37.1 Å². The molecule has 6 nitrogen and oxygen atoms in total. The molecule has 3 aromatic carbocycles. The van der Waals surface area contributed by atoms with Gasteiger partial charge in [-0.15, -0.1) is 0 Å². The van der Waals surface area contributed by atoms with Crippen molar-refractivity contribution in [3.05, 3.63) is 118 Å². The summed E-state index contributed by atoms with van der Waals surface area (Å²) in [6.07, 6.45) is -0.551. The number of carbonyl (C=O) groups excluding carboxylic acids is 1. The maximum Gasteiger partial charge on any atom is 0.413 e. The molecule has 0 saturated carbocycles. The minimum atomic E-state index is -0.597. The summed E-state index contributed by atoms with van der Waals surface area (Å²) in [5.74, 6) is 1.16. The zero-order valence-corrected chi connectivity index (χ0v) is 23.4. The molecule has 196 valence electrons. The van der Waals surface area contributed by atoms with Crippen LogP contribution in [0.25, 0.3) is 0 Å². The second-order valence-corrected chi connectivity index (χ2v) is 11.2. The van der Waals surface area contributed by atoms with Gasteiger partial charge in [-0.25, -0.2) is 9.78 Å². The first-order valence-corrected chi connectivity index (χ1v) is 13.8. The van der Waals surface area contributed by atoms with E-state index in [4.69, 9.17) is 17.0 Å². The first-order valence-electron chi connectivity index (χ1n) is 12.4. The van der Waals surface area contributed by atoms with Crippen LogP contribution in [0.5, 0.6) is 0 Å². The molecule has 38 heavy (non-hydrogen) atoms. The summed E-state index contributed by atoms with van der Waals surface area (Å²) in [5, 5.41) is 7.19. The van der Waals surface area contributed by atoms with Crippen LogP contribution in [-0.4, -0.2) is 34.0 Å². The van der Waals surface area contributed by atoms with Gasteiger partial charge in [0.25, 0.3) is 0 Å². The summed E-state index contributed by atoms with van der Waals surface area (Å²) < 4.78 is 5.73. The zero-order chi connectivity index (χ0) is 27.0. The van der Waals surface area contributed by atoms with Crippen LogP contribution < -0.4 is 10.6 Å². The third kappa shape index (κ3) is 7.10. The minimum absolute atomic E-state index is 0.387. The molecule has 0 aliphatic heterocycles. The fraction of sp³-hybridized carbons (Fsp3) is 0.233. The summed E-state index contributed by atoms with van der Waals surface area (Å²) in [7, 11) is 0. The van der Waals surface area contributed by atoms with Crippen LogP contribution in [0.2, 0.25) is 0 Å². The van der Waals surface area contributed by atoms with Crippen LogP contribution in [0.4, 0.5) is 10.6 Å². The van der Waals surface area contributed by atoms with E-state index in [9.17, 15) is 4.79 Å². The van der Waals surface area contributed by atoms with Gasteiger partial charge in [0.2, 0.25) is 0 Å². The van der Waals surface area contributed by atoms with Crippen molar-refractivity contribution in [3.8, 4) is 0 Å². The number of nitrogens with zero attached hydrogens (tertiary/aromatic N) is 1. The predicted octanol–water partition coefficient (Wildman–Crippen LogP) is 7.16. The summed E-state index contributed by atoms with van der Waals surface area (Å²) in [5.41, 5.74) is 2.33. The van der Waals surface area contributed by atoms with E-state index in [-0.39, 0.29) is 0 Å². The molecule has 4 rings (SSSR count). The van der Waals surface area contributed by atoms with Gasteiger partial charge in [0, 0.05) is 18.4 Å². The minimum Gasteiger partial charge on any atom is -0.444 e. The summed E-state index contributed by atoms with van der Waals surface area (Å²) in [4.78, 5) is 19.8. The second-order valence-electron chi connectivity index (χ2n) is 9.69. The van der Waals surface area contributed by atoms with Crippen molar-refractivity contribution < 1.29 is 9.53 Å². The number of hydrogen-bond acceptors (Lipinski definition) is 6. The number of carbonyl (C=O) groups is 1. The van der Waals surface area contributed by atoms with E-state index in [0.29, 0.717) is 27.9 Å². The fourth-order valence-electron chi connectivity index (χ4n) is 4.24. The zero-order valence-electron chi connectivity index (χ0n) is 21.7. The molecule has 8 heteroatoms. The number of ether oxygens (including phenoxy) is 1. The lowest BCUT2D eigenvalue weighted by molar-refractivity contribution is 0.0635. The van der Waals surface area contributed by atoms with E-state index >= 15 is 0 Å². The molecule has 0 aliphatic rings. The van der Waals surface area contributed by atoms with Crippen molar-refractivity contribution in [2.75, 3.05) is 17.6 Å². The molecule has 1 aromatic heterocycles. The van der Waals surface area contributed by atoms with E-state index in [1.54, 1.807) is 6.07 Å². The van der Waals surface area contributed by atoms with Gasteiger partial charge in [0.1, 0.15) is 16.1 Å². The molecule has 4 aromatic rings. The Balaban J connectivity index is 1.55. The Bertz CT molecular complexity index is 1290. The maximum absolute atomic E-state index is 12.2. The van der Waals surface area contributed by atoms with E-state index in [1.807, 2.05) is 39.0 Å². The molecule has 3 N–H and O–H groups in total. The number of nitrogens with one attached hydrogen (secondary N) is 3. The van der Waals surface area contributed by atoms with Gasteiger partial charge >= 0.3 is 6.09 Å². The molecule has 0 atom stereocenters. The number of aromatic amines is 1. The fourth-order valence-corrected chi connectivity index (χ4v) is 5.25. The molecule has 0 spiro atoms. The molecule has 0 unspecified atom stereocenters. The number of benzene rings is 3. The normalized spacial score (nSPS) is 11.7. The largest absolute Gasteiger partial charge is 0.444 e. The number of H-pyrrole nitrogens is 1. The lowest BCUT2D eigenvalue weighted by atomic mass is 9.77. The average Bonchev–Trinajstić information content (AvgIpc) is 2.89. The Morgan fingerprint density at radius 1 is 0.895 bits per heavy atom. The topological polar surface area (TPSA) is 79.0 Å². The maximum atomic E-state index is 12.2. The van der Waals surface area contributed by atoms with Crippen molar-refractivity contribution >= 4 is 35.9 Å². The molecule has 1 heterocycles. The third-order valence-corrected chi connectivity index (χ3v) is 6.79. The first kappa shape index (κ1) is 27.6. The van der Waals surface area contributed by atoms with Gasteiger partial charge in [-0.1, -0.05) is 115 Å². The van der Waals surface area contributed by atoms with Crippen LogP contribution in [0.3, 0.4) is 0 Å². The van der Waals surface area contributed by atoms with E-state index in [1.165, 1.54) is 11.8 Å². The second kappa shape index (κ2) is 12.4. The molecule has 0 saturated heterocycles. The number of rotatable bonds is 9. The van der Waals surface area contributed by atoms with Gasteiger partial charge in [-0.3, -0.25) is 10.6 Å². The SMILES string of the molecule is CC(C)(C)OC(=O)Nc1cc(=S)nc(SCCNC(c2ccccc2)(c2ccccc2)c2ccccc2)[nH]1. The van der Waals surface area contributed by atoms with Gasteiger partial charge in [-0.05, 0) is 37.5 Å². The van der Waals surface area contributed by atoms with Gasteiger partial charge in [0.15, 0.2) is 5.16 Å². The number of amides is 1. The van der Waals surface area contributed by atoms with Crippen molar-refractivity contribution in [1.29, 1.82) is 0 Å². The van der Waals surface area contributed by atoms with Crippen molar-refractivity contribution in [3.63, 3.8) is 0 Å². The van der Waals surface area contributed by atoms with E-state index in [2.05, 4.69) is 93.4 Å². The molecular weight excluding hydrogens is 512 g/mol. The third-order valence-electron chi connectivity index (χ3n) is 5.71. The van der Waals surface area contributed by atoms with Crippen LogP contribution >= 0.6 is 24.0 Å².